The van der Waals surface area contributed by atoms with E-state index in [9.17, 15) is 8.42 Å². The summed E-state index contributed by atoms with van der Waals surface area (Å²) in [7, 11) is -1.05. The number of thiazole rings is 1. The molecule has 2 unspecified atom stereocenters. The number of nitrogens with zero attached hydrogens (tertiary/aromatic N) is 1. The van der Waals surface area contributed by atoms with E-state index in [1.54, 1.807) is 18.2 Å². The van der Waals surface area contributed by atoms with Gasteiger partial charge in [0.05, 0.1) is 0 Å². The van der Waals surface area contributed by atoms with Crippen molar-refractivity contribution in [3.8, 4) is 12.3 Å². The van der Waals surface area contributed by atoms with Gasteiger partial charge in [-0.15, -0.1) is 6.07 Å². The van der Waals surface area contributed by atoms with Gasteiger partial charge >= 0.3 is 0 Å². The van der Waals surface area contributed by atoms with Gasteiger partial charge < -0.3 is 12.3 Å². The van der Waals surface area contributed by atoms with Crippen molar-refractivity contribution >= 4 is 48.9 Å². The molecule has 0 aliphatic carbocycles. The Morgan fingerprint density at radius 3 is 2.79 bits per heavy atom. The summed E-state index contributed by atoms with van der Waals surface area (Å²) in [6, 6.07) is 8.07. The number of sulfonamides is 1. The Hall–Kier alpha value is 0.414. The minimum Gasteiger partial charge on any atom is -0.345 e. The monoisotopic (exact) mass is 405 g/mol. The number of aromatic nitrogens is 1. The first-order valence-corrected chi connectivity index (χ1v) is 9.63. The summed E-state index contributed by atoms with van der Waals surface area (Å²) in [6.45, 7) is 3.01. The molecular weight excluding hydrogens is 395 g/mol. The molecule has 0 aliphatic rings. The maximum absolute atomic E-state index is 11.6. The van der Waals surface area contributed by atoms with Crippen LogP contribution in [0.1, 0.15) is 0 Å². The van der Waals surface area contributed by atoms with Gasteiger partial charge in [-0.3, -0.25) is 4.98 Å². The molecule has 0 saturated heterocycles. The number of hydrogen-bond acceptors (Lipinski definition) is 4. The standard InChI is InChI=1S/C7H7N2O2P2S2.C3H3.Y/c10-15(11,9-13-12)7-8-5-3-1-2-4-6(5)14-7;1-3-2;/h1,3-4,9,13H,12H2;1H,2H2;/q2*-1;. The SMILES string of the molecule is C#C[CH2-].O=S(=O)(NPP)c1nc2cc[c-]cc2s1.[Y]. The molecule has 2 atom stereocenters. The largest absolute Gasteiger partial charge is 0.345 e. The van der Waals surface area contributed by atoms with E-state index in [-0.39, 0.29) is 45.5 Å². The zero-order valence-corrected chi connectivity index (χ0v) is 16.4. The zero-order chi connectivity index (χ0) is 13.6. The maximum Gasteiger partial charge on any atom is 0.270 e. The van der Waals surface area contributed by atoms with E-state index >= 15 is 0 Å². The van der Waals surface area contributed by atoms with Gasteiger partial charge in [-0.1, -0.05) is 13.6 Å². The summed E-state index contributed by atoms with van der Waals surface area (Å²) < 4.78 is 26.6. The van der Waals surface area contributed by atoms with E-state index in [0.717, 1.165) is 16.0 Å². The molecule has 1 heterocycles. The summed E-state index contributed by atoms with van der Waals surface area (Å²) in [6.07, 6.45) is 4.49. The van der Waals surface area contributed by atoms with Crippen LogP contribution in [-0.4, -0.2) is 13.4 Å². The smallest absolute Gasteiger partial charge is 0.270 e. The number of hydrogen-bond donors (Lipinski definition) is 1. The summed E-state index contributed by atoms with van der Waals surface area (Å²) >= 11 is 1.15. The Balaban J connectivity index is 0.000000742. The quantitative estimate of drug-likeness (QED) is 0.484. The first kappa shape index (κ1) is 19.4. The molecule has 2 aromatic rings. The van der Waals surface area contributed by atoms with Crippen molar-refractivity contribution in [3.63, 3.8) is 0 Å². The van der Waals surface area contributed by atoms with E-state index in [1.807, 2.05) is 5.92 Å². The molecule has 99 valence electrons. The number of benzene rings is 1. The predicted octanol–water partition coefficient (Wildman–Crippen LogP) is 2.21. The third kappa shape index (κ3) is 5.73. The van der Waals surface area contributed by atoms with E-state index in [4.69, 9.17) is 0 Å². The Morgan fingerprint density at radius 1 is 1.63 bits per heavy atom. The van der Waals surface area contributed by atoms with Gasteiger partial charge in [0, 0.05) is 32.7 Å². The molecule has 0 saturated carbocycles. The minimum absolute atomic E-state index is 0. The van der Waals surface area contributed by atoms with Gasteiger partial charge in [-0.2, -0.15) is 41.0 Å². The summed E-state index contributed by atoms with van der Waals surface area (Å²) in [4.78, 5) is 4.05. The molecule has 0 fully saturated rings. The minimum atomic E-state index is -3.44. The second-order valence-electron chi connectivity index (χ2n) is 2.83. The average molecular weight is 405 g/mol. The third-order valence-corrected chi connectivity index (χ3v) is 6.52. The van der Waals surface area contributed by atoms with Crippen molar-refractivity contribution in [2.24, 2.45) is 0 Å². The Labute approximate surface area is 146 Å². The third-order valence-electron chi connectivity index (χ3n) is 1.64. The number of terminal acetylenes is 1. The van der Waals surface area contributed by atoms with Crippen LogP contribution in [0.2, 0.25) is 0 Å². The molecule has 1 N–H and O–H groups in total. The van der Waals surface area contributed by atoms with Crippen molar-refractivity contribution in [2.75, 3.05) is 0 Å². The molecule has 1 radical (unpaired) electrons. The van der Waals surface area contributed by atoms with Gasteiger partial charge in [0.1, 0.15) is 0 Å². The number of nitrogens with one attached hydrogen (secondary N) is 1. The van der Waals surface area contributed by atoms with Gasteiger partial charge in [-0.25, -0.2) is 8.42 Å². The van der Waals surface area contributed by atoms with Crippen molar-refractivity contribution in [3.05, 3.63) is 31.2 Å². The summed E-state index contributed by atoms with van der Waals surface area (Å²) in [5.41, 5.74) is 0.686. The summed E-state index contributed by atoms with van der Waals surface area (Å²) in [5.74, 6) is 2.00. The van der Waals surface area contributed by atoms with Crippen molar-refractivity contribution < 1.29 is 41.1 Å². The number of fused-ring (bicyclic) bond motifs is 1. The molecule has 19 heavy (non-hydrogen) atoms. The molecule has 1 aromatic heterocycles. The van der Waals surface area contributed by atoms with Gasteiger partial charge in [-0.05, 0) is 13.9 Å². The van der Waals surface area contributed by atoms with Crippen LogP contribution in [0, 0.1) is 25.3 Å². The Bertz CT molecular complexity index is 634. The van der Waals surface area contributed by atoms with Crippen LogP contribution in [0.15, 0.2) is 22.5 Å². The zero-order valence-electron chi connectivity index (χ0n) is 9.75. The fourth-order valence-corrected chi connectivity index (χ4v) is 5.38. The normalized spacial score (nSPS) is 10.5. The predicted molar refractivity (Wildman–Crippen MR) is 81.0 cm³/mol. The summed E-state index contributed by atoms with van der Waals surface area (Å²) in [5, 5.41) is 0. The fraction of sp³-hybridized carbons (Fsp3) is 0. The first-order chi connectivity index (χ1) is 8.55. The average Bonchev–Trinajstić information content (AvgIpc) is 2.74. The molecule has 0 bridgehead atoms. The van der Waals surface area contributed by atoms with Crippen molar-refractivity contribution in [1.82, 2.24) is 9.48 Å². The van der Waals surface area contributed by atoms with Crippen LogP contribution < -0.4 is 4.49 Å². The van der Waals surface area contributed by atoms with E-state index in [0.29, 0.717) is 5.52 Å². The maximum atomic E-state index is 11.6. The van der Waals surface area contributed by atoms with Gasteiger partial charge in [0.25, 0.3) is 10.0 Å². The van der Waals surface area contributed by atoms with Crippen LogP contribution in [0.3, 0.4) is 0 Å². The topological polar surface area (TPSA) is 59.1 Å². The molecule has 0 aliphatic heterocycles. The molecule has 4 nitrogen and oxygen atoms in total. The second kappa shape index (κ2) is 9.37. The van der Waals surface area contributed by atoms with Crippen LogP contribution in [-0.2, 0) is 42.7 Å². The molecule has 0 amide bonds. The van der Waals surface area contributed by atoms with E-state index < -0.39 is 10.0 Å². The second-order valence-corrected chi connectivity index (χ2v) is 7.48. The Morgan fingerprint density at radius 2 is 2.26 bits per heavy atom. The fourth-order valence-electron chi connectivity index (χ4n) is 1.03. The molecule has 9 heteroatoms. The molecule has 0 spiro atoms. The van der Waals surface area contributed by atoms with Crippen molar-refractivity contribution in [2.45, 2.75) is 4.34 Å². The van der Waals surface area contributed by atoms with Gasteiger partial charge in [0.2, 0.25) is 4.34 Å². The van der Waals surface area contributed by atoms with Crippen LogP contribution >= 0.6 is 28.7 Å². The van der Waals surface area contributed by atoms with Crippen LogP contribution in [0.4, 0.5) is 0 Å². The van der Waals surface area contributed by atoms with E-state index in [2.05, 4.69) is 37.8 Å². The first-order valence-electron chi connectivity index (χ1n) is 4.52. The van der Waals surface area contributed by atoms with Gasteiger partial charge in [0.15, 0.2) is 0 Å². The van der Waals surface area contributed by atoms with E-state index in [1.165, 1.54) is 0 Å². The molecular formula is C10H10N2O2P2S2Y-2. The van der Waals surface area contributed by atoms with Crippen LogP contribution in [0.25, 0.3) is 10.2 Å². The molecule has 1 aromatic carbocycles. The van der Waals surface area contributed by atoms with Crippen molar-refractivity contribution in [1.29, 1.82) is 0 Å². The molecule has 2 rings (SSSR count). The number of rotatable bonds is 3. The Kier molecular flexibility index (Phi) is 9.57. The van der Waals surface area contributed by atoms with Crippen LogP contribution in [0.5, 0.6) is 0 Å².